The summed E-state index contributed by atoms with van der Waals surface area (Å²) in [6, 6.07) is 12.0. The van der Waals surface area contributed by atoms with Crippen LogP contribution in [0.4, 0.5) is 0 Å². The van der Waals surface area contributed by atoms with Crippen LogP contribution in [0, 0.1) is 5.92 Å². The van der Waals surface area contributed by atoms with Crippen molar-refractivity contribution in [2.24, 2.45) is 10.9 Å². The van der Waals surface area contributed by atoms with Crippen LogP contribution in [0.25, 0.3) is 0 Å². The zero-order valence-electron chi connectivity index (χ0n) is 19.3. The lowest BCUT2D eigenvalue weighted by molar-refractivity contribution is 0.296. The maximum atomic E-state index is 6.00. The Morgan fingerprint density at radius 2 is 1.66 bits per heavy atom. The van der Waals surface area contributed by atoms with E-state index in [1.807, 2.05) is 30.3 Å². The predicted molar refractivity (Wildman–Crippen MR) is 138 cm³/mol. The first-order valence-electron chi connectivity index (χ1n) is 10.6. The van der Waals surface area contributed by atoms with E-state index >= 15 is 0 Å². The normalized spacial score (nSPS) is 13.1. The van der Waals surface area contributed by atoms with Gasteiger partial charge in [0.05, 0.1) is 27.9 Å². The molecule has 3 rings (SSSR count). The molecule has 2 N–H and O–H groups in total. The van der Waals surface area contributed by atoms with E-state index in [0.717, 1.165) is 41.8 Å². The molecule has 32 heavy (non-hydrogen) atoms. The minimum atomic E-state index is 0. The van der Waals surface area contributed by atoms with Gasteiger partial charge in [0.25, 0.3) is 0 Å². The van der Waals surface area contributed by atoms with Gasteiger partial charge < -0.3 is 29.6 Å². The van der Waals surface area contributed by atoms with Crippen molar-refractivity contribution in [3.8, 4) is 23.0 Å². The molecule has 0 unspecified atom stereocenters. The van der Waals surface area contributed by atoms with Gasteiger partial charge in [-0.1, -0.05) is 24.3 Å². The summed E-state index contributed by atoms with van der Waals surface area (Å²) in [7, 11) is 6.63. The average molecular weight is 555 g/mol. The van der Waals surface area contributed by atoms with Gasteiger partial charge in [-0.05, 0) is 37.3 Å². The van der Waals surface area contributed by atoms with Crippen LogP contribution in [-0.2, 0) is 13.0 Å². The van der Waals surface area contributed by atoms with Crippen LogP contribution in [-0.4, -0.2) is 47.5 Å². The Kier molecular flexibility index (Phi) is 10.7. The number of guanidine groups is 1. The highest BCUT2D eigenvalue weighted by Crippen LogP contribution is 2.39. The van der Waals surface area contributed by atoms with Crippen molar-refractivity contribution in [3.63, 3.8) is 0 Å². The van der Waals surface area contributed by atoms with Crippen molar-refractivity contribution < 1.29 is 18.9 Å². The molecular formula is C24H34IN3O4. The third-order valence-corrected chi connectivity index (χ3v) is 5.29. The summed E-state index contributed by atoms with van der Waals surface area (Å²) >= 11 is 0. The molecule has 0 heterocycles. The van der Waals surface area contributed by atoms with E-state index in [-0.39, 0.29) is 24.0 Å². The number of para-hydroxylation sites is 1. The Hall–Kier alpha value is -2.36. The second kappa shape index (κ2) is 13.2. The molecule has 0 aliphatic heterocycles. The van der Waals surface area contributed by atoms with Crippen LogP contribution in [0.3, 0.4) is 0 Å². The highest BCUT2D eigenvalue weighted by Gasteiger charge is 2.22. The molecule has 0 amide bonds. The first kappa shape index (κ1) is 25.9. The average Bonchev–Trinajstić information content (AvgIpc) is 3.64. The van der Waals surface area contributed by atoms with E-state index in [1.54, 1.807) is 28.4 Å². The zero-order valence-corrected chi connectivity index (χ0v) is 21.6. The van der Waals surface area contributed by atoms with E-state index in [4.69, 9.17) is 18.9 Å². The van der Waals surface area contributed by atoms with Crippen molar-refractivity contribution in [2.45, 2.75) is 25.8 Å². The van der Waals surface area contributed by atoms with Gasteiger partial charge in [0.15, 0.2) is 17.5 Å². The molecule has 1 fully saturated rings. The maximum absolute atomic E-state index is 6.00. The summed E-state index contributed by atoms with van der Waals surface area (Å²) in [5.74, 6) is 4.34. The van der Waals surface area contributed by atoms with Crippen molar-refractivity contribution in [1.29, 1.82) is 0 Å². The van der Waals surface area contributed by atoms with Gasteiger partial charge in [0.1, 0.15) is 5.75 Å². The van der Waals surface area contributed by atoms with Gasteiger partial charge in [0, 0.05) is 31.3 Å². The van der Waals surface area contributed by atoms with Gasteiger partial charge in [0.2, 0.25) is 5.75 Å². The summed E-state index contributed by atoms with van der Waals surface area (Å²) < 4.78 is 22.4. The number of benzene rings is 2. The van der Waals surface area contributed by atoms with Crippen molar-refractivity contribution in [2.75, 3.05) is 41.5 Å². The van der Waals surface area contributed by atoms with Crippen molar-refractivity contribution in [1.82, 2.24) is 10.6 Å². The van der Waals surface area contributed by atoms with Gasteiger partial charge >= 0.3 is 0 Å². The predicted octanol–water partition coefficient (Wildman–Crippen LogP) is 4.03. The van der Waals surface area contributed by atoms with Crippen LogP contribution in [0.2, 0.25) is 0 Å². The molecule has 0 bridgehead atoms. The molecule has 0 radical (unpaired) electrons. The van der Waals surface area contributed by atoms with Crippen LogP contribution in [0.1, 0.15) is 24.0 Å². The molecule has 176 valence electrons. The molecule has 2 aromatic carbocycles. The number of rotatable bonds is 11. The molecule has 1 saturated carbocycles. The molecule has 1 aliphatic carbocycles. The second-order valence-corrected chi connectivity index (χ2v) is 7.46. The van der Waals surface area contributed by atoms with E-state index in [1.165, 1.54) is 12.8 Å². The topological polar surface area (TPSA) is 73.3 Å². The van der Waals surface area contributed by atoms with Gasteiger partial charge in [-0.2, -0.15) is 0 Å². The Balaban J connectivity index is 0.00000363. The third-order valence-electron chi connectivity index (χ3n) is 5.29. The van der Waals surface area contributed by atoms with Crippen LogP contribution < -0.4 is 29.6 Å². The molecule has 1 aliphatic rings. The fourth-order valence-electron chi connectivity index (χ4n) is 3.36. The number of halogens is 1. The lowest BCUT2D eigenvalue weighted by atomic mass is 10.1. The summed E-state index contributed by atoms with van der Waals surface area (Å²) in [5, 5.41) is 6.72. The van der Waals surface area contributed by atoms with Crippen LogP contribution in [0.15, 0.2) is 41.4 Å². The van der Waals surface area contributed by atoms with E-state index in [9.17, 15) is 0 Å². The SMILES string of the molecule is CN=C(NCCc1ccc(OC)c(OC)c1OC)NCc1ccccc1OCC1CC1.I. The minimum absolute atomic E-state index is 0. The van der Waals surface area contributed by atoms with Gasteiger partial charge in [-0.3, -0.25) is 4.99 Å². The van der Waals surface area contributed by atoms with E-state index in [2.05, 4.69) is 21.7 Å². The molecule has 2 aromatic rings. The molecule has 8 heteroatoms. The quantitative estimate of drug-likeness (QED) is 0.248. The fraction of sp³-hybridized carbons (Fsp3) is 0.458. The maximum Gasteiger partial charge on any atom is 0.203 e. The van der Waals surface area contributed by atoms with Crippen LogP contribution in [0.5, 0.6) is 23.0 Å². The van der Waals surface area contributed by atoms with Crippen molar-refractivity contribution >= 4 is 29.9 Å². The number of hydrogen-bond donors (Lipinski definition) is 2. The molecule has 0 spiro atoms. The monoisotopic (exact) mass is 555 g/mol. The largest absolute Gasteiger partial charge is 0.493 e. The number of nitrogens with zero attached hydrogens (tertiary/aromatic N) is 1. The molecule has 0 atom stereocenters. The first-order chi connectivity index (χ1) is 15.2. The summed E-state index contributed by atoms with van der Waals surface area (Å²) in [6.07, 6.45) is 3.30. The molecule has 0 aromatic heterocycles. The minimum Gasteiger partial charge on any atom is -0.493 e. The number of hydrogen-bond acceptors (Lipinski definition) is 5. The van der Waals surface area contributed by atoms with Gasteiger partial charge in [-0.25, -0.2) is 0 Å². The fourth-order valence-corrected chi connectivity index (χ4v) is 3.36. The zero-order chi connectivity index (χ0) is 22.1. The highest BCUT2D eigenvalue weighted by atomic mass is 127. The third kappa shape index (κ3) is 7.08. The first-order valence-corrected chi connectivity index (χ1v) is 10.6. The highest BCUT2D eigenvalue weighted by molar-refractivity contribution is 14.0. The number of methoxy groups -OCH3 is 3. The Labute approximate surface area is 207 Å². The van der Waals surface area contributed by atoms with Crippen LogP contribution >= 0.6 is 24.0 Å². The number of aliphatic imine (C=N–C) groups is 1. The molecular weight excluding hydrogens is 521 g/mol. The van der Waals surface area contributed by atoms with E-state index < -0.39 is 0 Å². The van der Waals surface area contributed by atoms with Gasteiger partial charge in [-0.15, -0.1) is 24.0 Å². The summed E-state index contributed by atoms with van der Waals surface area (Å²) in [5.41, 5.74) is 2.15. The van der Waals surface area contributed by atoms with E-state index in [0.29, 0.717) is 30.3 Å². The Morgan fingerprint density at radius 1 is 0.906 bits per heavy atom. The number of ether oxygens (including phenoxy) is 4. The number of nitrogens with one attached hydrogen (secondary N) is 2. The smallest absolute Gasteiger partial charge is 0.203 e. The van der Waals surface area contributed by atoms with Crippen molar-refractivity contribution in [3.05, 3.63) is 47.5 Å². The lowest BCUT2D eigenvalue weighted by Gasteiger charge is -2.17. The standard InChI is InChI=1S/C24H33N3O4.HI/c1-25-24(27-15-19-7-5-6-8-20(19)31-16-17-9-10-17)26-14-13-18-11-12-21(28-2)23(30-4)22(18)29-3;/h5-8,11-12,17H,9-10,13-16H2,1-4H3,(H2,25,26,27);1H. The Bertz CT molecular complexity index is 888. The Morgan fingerprint density at radius 3 is 2.31 bits per heavy atom. The molecule has 0 saturated heterocycles. The second-order valence-electron chi connectivity index (χ2n) is 7.46. The summed E-state index contributed by atoms with van der Waals surface area (Å²) in [6.45, 7) is 2.13. The molecule has 7 nitrogen and oxygen atoms in total. The summed E-state index contributed by atoms with van der Waals surface area (Å²) in [4.78, 5) is 4.33. The lowest BCUT2D eigenvalue weighted by Crippen LogP contribution is -2.38.